The highest BCUT2D eigenvalue weighted by Gasteiger charge is 2.50. The molecule has 3 rings (SSSR count). The van der Waals surface area contributed by atoms with Crippen LogP contribution in [0.4, 0.5) is 5.69 Å². The van der Waals surface area contributed by atoms with Gasteiger partial charge in [-0.05, 0) is 36.8 Å². The number of ketones is 1. The van der Waals surface area contributed by atoms with Gasteiger partial charge < -0.3 is 14.7 Å². The first-order chi connectivity index (χ1) is 12.5. The number of benzene rings is 2. The molecule has 1 N–H and O–H groups in total. The van der Waals surface area contributed by atoms with Gasteiger partial charge in [0.2, 0.25) is 0 Å². The van der Waals surface area contributed by atoms with Gasteiger partial charge in [0.1, 0.15) is 5.75 Å². The van der Waals surface area contributed by atoms with E-state index >= 15 is 0 Å². The zero-order chi connectivity index (χ0) is 18.7. The number of anilines is 1. The molecular formula is C21H23NO4. The Balaban J connectivity index is 1.90. The Morgan fingerprint density at radius 2 is 1.85 bits per heavy atom. The summed E-state index contributed by atoms with van der Waals surface area (Å²) in [6.07, 6.45) is 1.50. The molecule has 0 bridgehead atoms. The SMILES string of the molecule is CCCCN1C(=O)[C@@](O)(CC(=O)c2ccc(OC)cc2)c2ccccc21. The van der Waals surface area contributed by atoms with Crippen LogP contribution >= 0.6 is 0 Å². The number of methoxy groups -OCH3 is 1. The number of hydrogen-bond donors (Lipinski definition) is 1. The van der Waals surface area contributed by atoms with Crippen LogP contribution in [-0.4, -0.2) is 30.5 Å². The average molecular weight is 353 g/mol. The predicted molar refractivity (Wildman–Crippen MR) is 99.5 cm³/mol. The minimum atomic E-state index is -1.82. The maximum atomic E-state index is 13.0. The minimum absolute atomic E-state index is 0.280. The predicted octanol–water partition coefficient (Wildman–Crippen LogP) is 3.30. The molecule has 1 heterocycles. The van der Waals surface area contributed by atoms with Gasteiger partial charge in [0, 0.05) is 17.7 Å². The molecule has 0 aromatic heterocycles. The number of rotatable bonds is 7. The Bertz CT molecular complexity index is 815. The van der Waals surface area contributed by atoms with Crippen LogP contribution in [-0.2, 0) is 10.4 Å². The zero-order valence-corrected chi connectivity index (χ0v) is 15.1. The van der Waals surface area contributed by atoms with Crippen LogP contribution in [0.15, 0.2) is 48.5 Å². The molecule has 2 aromatic rings. The molecule has 2 aromatic carbocycles. The molecule has 1 aliphatic heterocycles. The highest BCUT2D eigenvalue weighted by Crippen LogP contribution is 2.42. The van der Waals surface area contributed by atoms with E-state index in [1.807, 2.05) is 19.1 Å². The summed E-state index contributed by atoms with van der Waals surface area (Å²) in [7, 11) is 1.55. The van der Waals surface area contributed by atoms with Gasteiger partial charge in [0.25, 0.3) is 5.91 Å². The highest BCUT2D eigenvalue weighted by molar-refractivity contribution is 6.10. The zero-order valence-electron chi connectivity index (χ0n) is 15.1. The van der Waals surface area contributed by atoms with E-state index in [9.17, 15) is 14.7 Å². The fourth-order valence-electron chi connectivity index (χ4n) is 3.33. The van der Waals surface area contributed by atoms with Crippen LogP contribution in [0.3, 0.4) is 0 Å². The molecule has 1 atom stereocenters. The third-order valence-electron chi connectivity index (χ3n) is 4.80. The fraction of sp³-hybridized carbons (Fsp3) is 0.333. The standard InChI is InChI=1S/C21H23NO4/c1-3-4-13-22-18-8-6-5-7-17(18)21(25,20(22)24)14-19(23)15-9-11-16(26-2)12-10-15/h5-12,25H,3-4,13-14H2,1-2H3/t21-/m1/s1. The topological polar surface area (TPSA) is 66.8 Å². The van der Waals surface area contributed by atoms with Gasteiger partial charge in [-0.15, -0.1) is 0 Å². The van der Waals surface area contributed by atoms with Crippen LogP contribution in [0, 0.1) is 0 Å². The number of hydrogen-bond acceptors (Lipinski definition) is 4. The molecular weight excluding hydrogens is 330 g/mol. The van der Waals surface area contributed by atoms with Crippen LogP contribution < -0.4 is 9.64 Å². The van der Waals surface area contributed by atoms with Crippen molar-refractivity contribution in [3.63, 3.8) is 0 Å². The molecule has 5 nitrogen and oxygen atoms in total. The Labute approximate surface area is 153 Å². The second-order valence-electron chi connectivity index (χ2n) is 6.52. The van der Waals surface area contributed by atoms with E-state index in [1.54, 1.807) is 48.4 Å². The molecule has 1 aliphatic rings. The van der Waals surface area contributed by atoms with E-state index in [0.717, 1.165) is 12.8 Å². The highest BCUT2D eigenvalue weighted by atomic mass is 16.5. The number of fused-ring (bicyclic) bond motifs is 1. The molecule has 26 heavy (non-hydrogen) atoms. The molecule has 1 amide bonds. The van der Waals surface area contributed by atoms with Crippen molar-refractivity contribution < 1.29 is 19.4 Å². The quantitative estimate of drug-likeness (QED) is 0.776. The van der Waals surface area contributed by atoms with Gasteiger partial charge in [0.15, 0.2) is 11.4 Å². The first-order valence-corrected chi connectivity index (χ1v) is 8.82. The Kier molecular flexibility index (Phi) is 5.09. The summed E-state index contributed by atoms with van der Waals surface area (Å²) < 4.78 is 5.10. The molecule has 0 spiro atoms. The van der Waals surface area contributed by atoms with Gasteiger partial charge in [0.05, 0.1) is 19.2 Å². The fourth-order valence-corrected chi connectivity index (χ4v) is 3.33. The Morgan fingerprint density at radius 1 is 1.15 bits per heavy atom. The number of para-hydroxylation sites is 1. The summed E-state index contributed by atoms with van der Waals surface area (Å²) in [5.74, 6) is -0.0575. The van der Waals surface area contributed by atoms with Crippen molar-refractivity contribution in [3.05, 3.63) is 59.7 Å². The first kappa shape index (κ1) is 18.1. The monoisotopic (exact) mass is 353 g/mol. The summed E-state index contributed by atoms with van der Waals surface area (Å²) in [4.78, 5) is 27.3. The van der Waals surface area contributed by atoms with Gasteiger partial charge in [-0.25, -0.2) is 0 Å². The summed E-state index contributed by atoms with van der Waals surface area (Å²) in [6, 6.07) is 13.8. The third kappa shape index (κ3) is 3.10. The lowest BCUT2D eigenvalue weighted by Crippen LogP contribution is -2.42. The number of carbonyl (C=O) groups is 2. The largest absolute Gasteiger partial charge is 0.497 e. The molecule has 5 heteroatoms. The second kappa shape index (κ2) is 7.30. The molecule has 136 valence electrons. The minimum Gasteiger partial charge on any atom is -0.497 e. The Morgan fingerprint density at radius 3 is 2.50 bits per heavy atom. The molecule has 0 radical (unpaired) electrons. The number of Topliss-reactive ketones (excluding diaryl/α,β-unsaturated/α-hetero) is 1. The van der Waals surface area contributed by atoms with Crippen molar-refractivity contribution in [2.75, 3.05) is 18.6 Å². The van der Waals surface area contributed by atoms with E-state index in [4.69, 9.17) is 4.74 Å². The van der Waals surface area contributed by atoms with Gasteiger partial charge >= 0.3 is 0 Å². The Hall–Kier alpha value is -2.66. The third-order valence-corrected chi connectivity index (χ3v) is 4.80. The van der Waals surface area contributed by atoms with Crippen molar-refractivity contribution in [1.82, 2.24) is 0 Å². The number of carbonyl (C=O) groups excluding carboxylic acids is 2. The molecule has 0 unspecified atom stereocenters. The maximum absolute atomic E-state index is 13.0. The first-order valence-electron chi connectivity index (χ1n) is 8.82. The smallest absolute Gasteiger partial charge is 0.264 e. The van der Waals surface area contributed by atoms with Crippen LogP contribution in [0.1, 0.15) is 42.1 Å². The average Bonchev–Trinajstić information content (AvgIpc) is 2.88. The summed E-state index contributed by atoms with van der Waals surface area (Å²) in [5, 5.41) is 11.2. The van der Waals surface area contributed by atoms with Gasteiger partial charge in [-0.2, -0.15) is 0 Å². The van der Waals surface area contributed by atoms with Crippen molar-refractivity contribution in [3.8, 4) is 5.75 Å². The second-order valence-corrected chi connectivity index (χ2v) is 6.52. The van der Waals surface area contributed by atoms with Crippen molar-refractivity contribution in [2.45, 2.75) is 31.8 Å². The normalized spacial score (nSPS) is 18.7. The van der Waals surface area contributed by atoms with Crippen molar-refractivity contribution >= 4 is 17.4 Å². The van der Waals surface area contributed by atoms with E-state index in [2.05, 4.69) is 0 Å². The van der Waals surface area contributed by atoms with E-state index in [-0.39, 0.29) is 12.2 Å². The lowest BCUT2D eigenvalue weighted by Gasteiger charge is -2.22. The lowest BCUT2D eigenvalue weighted by atomic mass is 9.88. The number of aliphatic hydroxyl groups is 1. The lowest BCUT2D eigenvalue weighted by molar-refractivity contribution is -0.135. The summed E-state index contributed by atoms with van der Waals surface area (Å²) in [6.45, 7) is 2.58. The van der Waals surface area contributed by atoms with E-state index < -0.39 is 11.5 Å². The van der Waals surface area contributed by atoms with Gasteiger partial charge in [-0.3, -0.25) is 9.59 Å². The number of nitrogens with zero attached hydrogens (tertiary/aromatic N) is 1. The van der Waals surface area contributed by atoms with Crippen LogP contribution in [0.25, 0.3) is 0 Å². The molecule has 0 aliphatic carbocycles. The van der Waals surface area contributed by atoms with Crippen LogP contribution in [0.5, 0.6) is 5.75 Å². The number of ether oxygens (including phenoxy) is 1. The van der Waals surface area contributed by atoms with Crippen molar-refractivity contribution in [2.24, 2.45) is 0 Å². The van der Waals surface area contributed by atoms with Crippen LogP contribution in [0.2, 0.25) is 0 Å². The van der Waals surface area contributed by atoms with E-state index in [1.165, 1.54) is 0 Å². The van der Waals surface area contributed by atoms with Crippen molar-refractivity contribution in [1.29, 1.82) is 0 Å². The molecule has 0 saturated carbocycles. The summed E-state index contributed by atoms with van der Waals surface area (Å²) in [5.41, 5.74) is -0.183. The maximum Gasteiger partial charge on any atom is 0.264 e. The summed E-state index contributed by atoms with van der Waals surface area (Å²) >= 11 is 0. The number of unbranched alkanes of at least 4 members (excludes halogenated alkanes) is 1. The number of amides is 1. The van der Waals surface area contributed by atoms with E-state index in [0.29, 0.717) is 29.1 Å². The molecule has 0 fully saturated rings. The molecule has 0 saturated heterocycles. The van der Waals surface area contributed by atoms with Gasteiger partial charge in [-0.1, -0.05) is 31.5 Å².